The highest BCUT2D eigenvalue weighted by Crippen LogP contribution is 2.20. The molecule has 0 atom stereocenters. The van der Waals surface area contributed by atoms with Crippen molar-refractivity contribution in [3.05, 3.63) is 65.9 Å². The second kappa shape index (κ2) is 6.57. The second-order valence-corrected chi connectivity index (χ2v) is 5.55. The van der Waals surface area contributed by atoms with E-state index < -0.39 is 0 Å². The summed E-state index contributed by atoms with van der Waals surface area (Å²) in [5.74, 6) is 1.41. The lowest BCUT2D eigenvalue weighted by molar-refractivity contribution is -0.132. The van der Waals surface area contributed by atoms with Crippen molar-refractivity contribution < 1.29 is 13.9 Å². The average Bonchev–Trinajstić information content (AvgIpc) is 2.96. The Bertz CT molecular complexity index is 789. The third-order valence-electron chi connectivity index (χ3n) is 3.74. The van der Waals surface area contributed by atoms with Gasteiger partial charge in [-0.1, -0.05) is 36.4 Å². The minimum Gasteiger partial charge on any atom is -0.484 e. The van der Waals surface area contributed by atoms with E-state index in [1.807, 2.05) is 61.5 Å². The summed E-state index contributed by atoms with van der Waals surface area (Å²) in [4.78, 5) is 13.8. The van der Waals surface area contributed by atoms with Crippen LogP contribution >= 0.6 is 0 Å². The van der Waals surface area contributed by atoms with Gasteiger partial charge in [-0.2, -0.15) is 0 Å². The second-order valence-electron chi connectivity index (χ2n) is 5.55. The molecule has 3 aromatic rings. The molecule has 0 aliphatic rings. The van der Waals surface area contributed by atoms with Gasteiger partial charge in [0.1, 0.15) is 17.1 Å². The molecule has 0 spiro atoms. The minimum atomic E-state index is -0.0892. The zero-order valence-electron chi connectivity index (χ0n) is 13.3. The molecule has 4 heteroatoms. The van der Waals surface area contributed by atoms with Gasteiger partial charge in [-0.15, -0.1) is 0 Å². The number of rotatable bonds is 5. The van der Waals surface area contributed by atoms with Crippen LogP contribution in [0.4, 0.5) is 0 Å². The van der Waals surface area contributed by atoms with Gasteiger partial charge in [-0.25, -0.2) is 0 Å². The van der Waals surface area contributed by atoms with Crippen molar-refractivity contribution in [3.8, 4) is 5.75 Å². The van der Waals surface area contributed by atoms with E-state index in [4.69, 9.17) is 9.15 Å². The van der Waals surface area contributed by atoms with E-state index in [0.29, 0.717) is 6.54 Å². The molecule has 3 rings (SSSR count). The number of amides is 1. The summed E-state index contributed by atoms with van der Waals surface area (Å²) in [5, 5.41) is 1.04. The minimum absolute atomic E-state index is 0.0155. The highest BCUT2D eigenvalue weighted by atomic mass is 16.5. The molecule has 0 N–H and O–H groups in total. The summed E-state index contributed by atoms with van der Waals surface area (Å²) in [5.41, 5.74) is 1.85. The molecule has 118 valence electrons. The lowest BCUT2D eigenvalue weighted by Gasteiger charge is -2.16. The van der Waals surface area contributed by atoms with Crippen LogP contribution < -0.4 is 4.74 Å². The fourth-order valence-corrected chi connectivity index (χ4v) is 2.40. The highest BCUT2D eigenvalue weighted by Gasteiger charge is 2.13. The van der Waals surface area contributed by atoms with Crippen LogP contribution in [-0.2, 0) is 11.3 Å². The third kappa shape index (κ3) is 3.54. The van der Waals surface area contributed by atoms with Crippen molar-refractivity contribution in [2.75, 3.05) is 13.7 Å². The summed E-state index contributed by atoms with van der Waals surface area (Å²) in [6.45, 7) is 2.39. The summed E-state index contributed by atoms with van der Waals surface area (Å²) in [6.07, 6.45) is 0. The molecule has 0 radical (unpaired) electrons. The average molecular weight is 309 g/mol. The summed E-state index contributed by atoms with van der Waals surface area (Å²) >= 11 is 0. The Morgan fingerprint density at radius 1 is 1.13 bits per heavy atom. The van der Waals surface area contributed by atoms with Crippen LogP contribution in [0.3, 0.4) is 0 Å². The van der Waals surface area contributed by atoms with Crippen LogP contribution in [0.1, 0.15) is 11.3 Å². The van der Waals surface area contributed by atoms with Gasteiger partial charge in [0.05, 0.1) is 6.54 Å². The number of likely N-dealkylation sites (N-methyl/N-ethyl adjacent to an activating group) is 1. The monoisotopic (exact) mass is 309 g/mol. The number of ether oxygens (including phenoxy) is 1. The lowest BCUT2D eigenvalue weighted by Crippen LogP contribution is -2.30. The van der Waals surface area contributed by atoms with Gasteiger partial charge < -0.3 is 14.1 Å². The van der Waals surface area contributed by atoms with E-state index in [-0.39, 0.29) is 12.5 Å². The molecule has 0 saturated carbocycles. The Morgan fingerprint density at radius 3 is 2.65 bits per heavy atom. The van der Waals surface area contributed by atoms with Crippen molar-refractivity contribution in [2.45, 2.75) is 13.5 Å². The Kier molecular flexibility index (Phi) is 4.33. The first-order valence-corrected chi connectivity index (χ1v) is 7.53. The molecule has 2 aromatic carbocycles. The van der Waals surface area contributed by atoms with Gasteiger partial charge in [0.25, 0.3) is 5.91 Å². The first-order valence-electron chi connectivity index (χ1n) is 7.53. The van der Waals surface area contributed by atoms with E-state index in [0.717, 1.165) is 28.0 Å². The number of benzene rings is 2. The number of hydrogen-bond donors (Lipinski definition) is 0. The van der Waals surface area contributed by atoms with Crippen LogP contribution in [0.2, 0.25) is 0 Å². The smallest absolute Gasteiger partial charge is 0.260 e. The van der Waals surface area contributed by atoms with Gasteiger partial charge in [0.2, 0.25) is 0 Å². The predicted molar refractivity (Wildman–Crippen MR) is 89.4 cm³/mol. The molecule has 0 unspecified atom stereocenters. The fourth-order valence-electron chi connectivity index (χ4n) is 2.40. The number of fused-ring (bicyclic) bond motifs is 1. The van der Waals surface area contributed by atoms with Crippen molar-refractivity contribution >= 4 is 16.9 Å². The van der Waals surface area contributed by atoms with Gasteiger partial charge >= 0.3 is 0 Å². The van der Waals surface area contributed by atoms with Crippen molar-refractivity contribution in [3.63, 3.8) is 0 Å². The number of nitrogens with zero attached hydrogens (tertiary/aromatic N) is 1. The topological polar surface area (TPSA) is 42.7 Å². The summed E-state index contributed by atoms with van der Waals surface area (Å²) in [6, 6.07) is 17.4. The number of hydrogen-bond acceptors (Lipinski definition) is 3. The van der Waals surface area contributed by atoms with Crippen molar-refractivity contribution in [1.82, 2.24) is 4.90 Å². The molecule has 0 aliphatic heterocycles. The first kappa shape index (κ1) is 15.2. The number of aryl methyl sites for hydroxylation is 1. The maximum atomic E-state index is 12.2. The highest BCUT2D eigenvalue weighted by molar-refractivity contribution is 5.79. The van der Waals surface area contributed by atoms with E-state index in [1.54, 1.807) is 11.9 Å². The SMILES string of the molecule is Cc1ccccc1OCC(=O)N(C)Cc1cc2ccccc2o1. The van der Waals surface area contributed by atoms with E-state index >= 15 is 0 Å². The van der Waals surface area contributed by atoms with Gasteiger partial charge in [0.15, 0.2) is 6.61 Å². The maximum absolute atomic E-state index is 12.2. The fraction of sp³-hybridized carbons (Fsp3) is 0.211. The van der Waals surface area contributed by atoms with Crippen LogP contribution in [0.15, 0.2) is 59.0 Å². The molecule has 1 amide bonds. The predicted octanol–water partition coefficient (Wildman–Crippen LogP) is 3.78. The Morgan fingerprint density at radius 2 is 1.87 bits per heavy atom. The zero-order chi connectivity index (χ0) is 16.2. The van der Waals surface area contributed by atoms with Gasteiger partial charge in [0, 0.05) is 12.4 Å². The lowest BCUT2D eigenvalue weighted by atomic mass is 10.2. The molecule has 23 heavy (non-hydrogen) atoms. The maximum Gasteiger partial charge on any atom is 0.260 e. The van der Waals surface area contributed by atoms with E-state index in [9.17, 15) is 4.79 Å². The molecule has 1 heterocycles. The summed E-state index contributed by atoms with van der Waals surface area (Å²) < 4.78 is 11.3. The third-order valence-corrected chi connectivity index (χ3v) is 3.74. The van der Waals surface area contributed by atoms with E-state index in [2.05, 4.69) is 0 Å². The van der Waals surface area contributed by atoms with Crippen LogP contribution in [0.25, 0.3) is 11.0 Å². The molecule has 0 bridgehead atoms. The van der Waals surface area contributed by atoms with Gasteiger partial charge in [-0.05, 0) is 30.7 Å². The number of carbonyl (C=O) groups excluding carboxylic acids is 1. The van der Waals surface area contributed by atoms with Crippen molar-refractivity contribution in [2.24, 2.45) is 0 Å². The first-order chi connectivity index (χ1) is 11.1. The van der Waals surface area contributed by atoms with Crippen LogP contribution in [0.5, 0.6) is 5.75 Å². The van der Waals surface area contributed by atoms with Crippen LogP contribution in [0, 0.1) is 6.92 Å². The zero-order valence-corrected chi connectivity index (χ0v) is 13.3. The molecule has 1 aromatic heterocycles. The van der Waals surface area contributed by atoms with Gasteiger partial charge in [-0.3, -0.25) is 4.79 Å². The molecule has 0 aliphatic carbocycles. The normalized spacial score (nSPS) is 10.7. The number of furan rings is 1. The molecule has 4 nitrogen and oxygen atoms in total. The van der Waals surface area contributed by atoms with Crippen LogP contribution in [-0.4, -0.2) is 24.5 Å². The molecule has 0 saturated heterocycles. The Hall–Kier alpha value is -2.75. The summed E-state index contributed by atoms with van der Waals surface area (Å²) in [7, 11) is 1.75. The van der Waals surface area contributed by atoms with E-state index in [1.165, 1.54) is 0 Å². The largest absolute Gasteiger partial charge is 0.484 e. The standard InChI is InChI=1S/C19H19NO3/c1-14-7-3-5-9-17(14)22-13-19(21)20(2)12-16-11-15-8-4-6-10-18(15)23-16/h3-11H,12-13H2,1-2H3. The van der Waals surface area contributed by atoms with Crippen molar-refractivity contribution in [1.29, 1.82) is 0 Å². The number of para-hydroxylation sites is 2. The molecule has 0 fully saturated rings. The molecular weight excluding hydrogens is 290 g/mol. The Labute approximate surface area is 135 Å². The quantitative estimate of drug-likeness (QED) is 0.720. The Balaban J connectivity index is 1.60. The number of carbonyl (C=O) groups is 1. The molecular formula is C19H19NO3.